The molecule has 5 heteroatoms. The summed E-state index contributed by atoms with van der Waals surface area (Å²) in [6.07, 6.45) is 10.2. The Morgan fingerprint density at radius 2 is 1.62 bits per heavy atom. The Balaban J connectivity index is 1.87. The van der Waals surface area contributed by atoms with E-state index in [0.717, 1.165) is 11.1 Å². The number of ketones is 2. The second-order valence-electron chi connectivity index (χ2n) is 6.69. The van der Waals surface area contributed by atoms with E-state index in [0.29, 0.717) is 35.9 Å². The zero-order chi connectivity index (χ0) is 19.0. The van der Waals surface area contributed by atoms with Crippen molar-refractivity contribution in [3.05, 3.63) is 66.3 Å². The Bertz CT molecular complexity index is 898. The van der Waals surface area contributed by atoms with E-state index in [9.17, 15) is 14.7 Å². The molecule has 0 saturated carbocycles. The van der Waals surface area contributed by atoms with Crippen LogP contribution in [0.5, 0.6) is 0 Å². The maximum atomic E-state index is 12.8. The topological polar surface area (TPSA) is 54.4 Å². The molecule has 0 fully saturated rings. The van der Waals surface area contributed by atoms with Crippen molar-refractivity contribution in [1.29, 1.82) is 0 Å². The van der Waals surface area contributed by atoms with Gasteiger partial charge >= 0.3 is 166 Å². The molecule has 2 aliphatic heterocycles. The fraction of sp³-hybridized carbons (Fsp3) is 0.286. The van der Waals surface area contributed by atoms with E-state index in [1.165, 1.54) is 17.8 Å². The van der Waals surface area contributed by atoms with Crippen molar-refractivity contribution < 1.29 is 14.7 Å². The summed E-state index contributed by atoms with van der Waals surface area (Å²) in [4.78, 5) is 25.3. The molecule has 26 heavy (non-hydrogen) atoms. The first-order valence-electron chi connectivity index (χ1n) is 8.42. The number of rotatable bonds is 3. The summed E-state index contributed by atoms with van der Waals surface area (Å²) in [7, 11) is 0. The van der Waals surface area contributed by atoms with Gasteiger partial charge in [-0.3, -0.25) is 0 Å². The van der Waals surface area contributed by atoms with Crippen molar-refractivity contribution in [2.45, 2.75) is 34.1 Å². The molecule has 0 bridgehead atoms. The second kappa shape index (κ2) is 7.62. The number of hydrogen-bond donors (Lipinski definition) is 1. The van der Waals surface area contributed by atoms with Crippen LogP contribution in [0.2, 0.25) is 0 Å². The zero-order valence-corrected chi connectivity index (χ0v) is 18.7. The molecule has 1 N–H and O–H groups in total. The monoisotopic (exact) mass is 481 g/mol. The van der Waals surface area contributed by atoms with Crippen molar-refractivity contribution >= 4 is 45.5 Å². The Morgan fingerprint density at radius 1 is 0.962 bits per heavy atom. The first kappa shape index (κ1) is 19.3. The number of aliphatic hydroxyl groups is 1. The molecule has 1 aliphatic carbocycles. The summed E-state index contributed by atoms with van der Waals surface area (Å²) < 4.78 is 5.10. The van der Waals surface area contributed by atoms with Gasteiger partial charge < -0.3 is 0 Å². The molecule has 0 amide bonds. The first-order valence-corrected chi connectivity index (χ1v) is 11.9. The van der Waals surface area contributed by atoms with Gasteiger partial charge in [-0.25, -0.2) is 0 Å². The van der Waals surface area contributed by atoms with Crippen LogP contribution in [0.25, 0.3) is 0 Å². The van der Waals surface area contributed by atoms with Crippen LogP contribution >= 0.6 is 0 Å². The van der Waals surface area contributed by atoms with Crippen LogP contribution in [0.1, 0.15) is 34.1 Å². The molecule has 2 heterocycles. The standard InChI is InChI=1S/C21H21O3Se2/c1-11-5-15(6-12(2)25-11)9-17-19(22)18(21(24)20(17)23)10-16-7-13(3)26-14(4)8-16/h5-9,18,23H,10H2,1-4H3. The average molecular weight is 479 g/mol. The fourth-order valence-electron chi connectivity index (χ4n) is 3.35. The Morgan fingerprint density at radius 3 is 2.23 bits per heavy atom. The van der Waals surface area contributed by atoms with Gasteiger partial charge in [0.05, 0.1) is 0 Å². The average Bonchev–Trinajstić information content (AvgIpc) is 2.71. The van der Waals surface area contributed by atoms with Gasteiger partial charge in [-0.15, -0.1) is 0 Å². The van der Waals surface area contributed by atoms with Crippen LogP contribution in [0, 0.1) is 5.92 Å². The maximum absolute atomic E-state index is 12.8. The van der Waals surface area contributed by atoms with Gasteiger partial charge in [0.1, 0.15) is 0 Å². The molecule has 0 aromatic carbocycles. The van der Waals surface area contributed by atoms with E-state index >= 15 is 0 Å². The van der Waals surface area contributed by atoms with Gasteiger partial charge in [0.25, 0.3) is 0 Å². The fourth-order valence-corrected chi connectivity index (χ4v) is 7.18. The van der Waals surface area contributed by atoms with Gasteiger partial charge in [-0.1, -0.05) is 0 Å². The minimum absolute atomic E-state index is 0.152. The Hall–Kier alpha value is -1.51. The molecule has 3 nitrogen and oxygen atoms in total. The molecule has 135 valence electrons. The molecular formula is C21H21O3Se2. The van der Waals surface area contributed by atoms with Crippen LogP contribution in [-0.2, 0) is 9.59 Å². The third kappa shape index (κ3) is 4.07. The van der Waals surface area contributed by atoms with Crippen LogP contribution < -0.4 is 0 Å². The Labute approximate surface area is 166 Å². The normalized spacial score (nSPS) is 23.5. The predicted molar refractivity (Wildman–Crippen MR) is 107 cm³/mol. The minimum atomic E-state index is -0.807. The molecule has 0 aromatic heterocycles. The summed E-state index contributed by atoms with van der Waals surface area (Å²) in [6, 6.07) is 0. The number of aliphatic hydroxyl groups excluding tert-OH is 1. The molecule has 1 radical (unpaired) electrons. The third-order valence-electron chi connectivity index (χ3n) is 4.30. The summed E-state index contributed by atoms with van der Waals surface area (Å²) in [5.74, 6) is -1.92. The molecule has 1 atom stereocenters. The summed E-state index contributed by atoms with van der Waals surface area (Å²) >= 11 is 0.708. The molecular weight excluding hydrogens is 458 g/mol. The van der Waals surface area contributed by atoms with Gasteiger partial charge in [0.2, 0.25) is 0 Å². The van der Waals surface area contributed by atoms with E-state index < -0.39 is 11.7 Å². The van der Waals surface area contributed by atoms with Crippen molar-refractivity contribution in [3.8, 4) is 0 Å². The van der Waals surface area contributed by atoms with E-state index in [2.05, 4.69) is 39.8 Å². The summed E-state index contributed by atoms with van der Waals surface area (Å²) in [6.45, 7) is 8.28. The second-order valence-corrected chi connectivity index (χ2v) is 13.0. The van der Waals surface area contributed by atoms with Gasteiger partial charge in [-0.05, 0) is 0 Å². The number of allylic oxidation sites excluding steroid dienone is 12. The molecule has 0 aromatic rings. The number of carbonyl (C=O) groups is 2. The van der Waals surface area contributed by atoms with E-state index in [1.807, 2.05) is 12.2 Å². The van der Waals surface area contributed by atoms with Gasteiger partial charge in [-0.2, -0.15) is 0 Å². The van der Waals surface area contributed by atoms with Crippen LogP contribution in [0.3, 0.4) is 0 Å². The third-order valence-corrected chi connectivity index (χ3v) is 7.99. The van der Waals surface area contributed by atoms with Gasteiger partial charge in [0, 0.05) is 0 Å². The van der Waals surface area contributed by atoms with E-state index in [-0.39, 0.29) is 17.1 Å². The van der Waals surface area contributed by atoms with E-state index in [1.54, 1.807) is 6.08 Å². The zero-order valence-electron chi connectivity index (χ0n) is 15.3. The van der Waals surface area contributed by atoms with Crippen LogP contribution in [0.15, 0.2) is 66.3 Å². The molecule has 0 spiro atoms. The molecule has 0 saturated heterocycles. The van der Waals surface area contributed by atoms with Crippen molar-refractivity contribution in [1.82, 2.24) is 0 Å². The van der Waals surface area contributed by atoms with Crippen LogP contribution in [-0.4, -0.2) is 50.6 Å². The summed E-state index contributed by atoms with van der Waals surface area (Å²) in [5, 5.41) is 10.3. The first-order chi connectivity index (χ1) is 12.2. The van der Waals surface area contributed by atoms with Crippen molar-refractivity contribution in [2.24, 2.45) is 5.92 Å². The van der Waals surface area contributed by atoms with Crippen LogP contribution in [0.4, 0.5) is 0 Å². The Kier molecular flexibility index (Phi) is 5.64. The van der Waals surface area contributed by atoms with Crippen molar-refractivity contribution in [3.63, 3.8) is 0 Å². The number of hydrogen-bond acceptors (Lipinski definition) is 3. The quantitative estimate of drug-likeness (QED) is 0.500. The molecule has 3 aliphatic rings. The number of carbonyl (C=O) groups excluding carboxylic acids is 2. The van der Waals surface area contributed by atoms with Gasteiger partial charge in [0.15, 0.2) is 0 Å². The van der Waals surface area contributed by atoms with E-state index in [4.69, 9.17) is 0 Å². The van der Waals surface area contributed by atoms with Crippen molar-refractivity contribution in [2.75, 3.05) is 0 Å². The molecule has 3 rings (SSSR count). The predicted octanol–water partition coefficient (Wildman–Crippen LogP) is 3.15. The summed E-state index contributed by atoms with van der Waals surface area (Å²) in [5.41, 5.74) is 2.02. The SMILES string of the molecule is CC1=CC(=CC2=C(O)C(=O)C(CC3=CC(C)=[Se]C(C)=C3)C2=O)C=C(C)[Se]1. The number of Topliss-reactive ketones (excluding diaryl/α,β-unsaturated/α-hetero) is 2. The molecule has 1 unspecified atom stereocenters.